The highest BCUT2D eigenvalue weighted by Crippen LogP contribution is 1.95. The average molecular weight is 121 g/mol. The minimum absolute atomic E-state index is 0.450. The van der Waals surface area contributed by atoms with Crippen LogP contribution in [0.25, 0.3) is 0 Å². The van der Waals surface area contributed by atoms with Gasteiger partial charge in [0.2, 0.25) is 0 Å². The van der Waals surface area contributed by atoms with Crippen LogP contribution in [-0.2, 0) is 0 Å². The Bertz CT molecular complexity index is 177. The smallest absolute Gasteiger partial charge is 0.138 e. The molecule has 1 unspecified atom stereocenters. The topological polar surface area (TPSA) is 12.0 Å². The zero-order valence-corrected chi connectivity index (χ0v) is 6.08. The predicted octanol–water partition coefficient (Wildman–Crippen LogP) is 0.621. The van der Waals surface area contributed by atoms with Gasteiger partial charge in [0.15, 0.2) is 0 Å². The number of nitrogens with one attached hydrogen (secondary N) is 1. The summed E-state index contributed by atoms with van der Waals surface area (Å²) in [6.07, 6.45) is 5.19. The zero-order valence-electron chi connectivity index (χ0n) is 6.08. The zero-order chi connectivity index (χ0) is 7.33. The van der Waals surface area contributed by atoms with E-state index in [1.54, 1.807) is 14.0 Å². The van der Waals surface area contributed by atoms with E-state index in [2.05, 4.69) is 23.1 Å². The predicted molar refractivity (Wildman–Crippen MR) is 39.7 cm³/mol. The summed E-state index contributed by atoms with van der Waals surface area (Å²) in [4.78, 5) is 0. The van der Waals surface area contributed by atoms with Crippen LogP contribution >= 0.6 is 0 Å². The lowest BCUT2D eigenvalue weighted by Gasteiger charge is -2.13. The first-order chi connectivity index (χ1) is 4.18. The fraction of sp³-hybridized carbons (Fsp3) is 0.500. The van der Waals surface area contributed by atoms with Gasteiger partial charge in [-0.15, -0.1) is 12.3 Å². The molecule has 1 N–H and O–H groups in total. The standard InChI is InChI=1S/C8H11N/c1-5-7-8(3,6-2)9-4/h2,9H,1,3-4H3. The number of hydrogen-bond donors (Lipinski definition) is 1. The second kappa shape index (κ2) is 3.17. The lowest BCUT2D eigenvalue weighted by molar-refractivity contribution is 0.631. The highest BCUT2D eigenvalue weighted by molar-refractivity contribution is 5.28. The SMILES string of the molecule is C#CC(C)(C#CC)NC. The van der Waals surface area contributed by atoms with Gasteiger partial charge in [-0.25, -0.2) is 0 Å². The van der Waals surface area contributed by atoms with Crippen molar-refractivity contribution in [3.05, 3.63) is 0 Å². The molecule has 9 heavy (non-hydrogen) atoms. The maximum atomic E-state index is 5.19. The molecule has 0 rings (SSSR count). The monoisotopic (exact) mass is 121 g/mol. The molecule has 48 valence electrons. The number of hydrogen-bond acceptors (Lipinski definition) is 1. The first kappa shape index (κ1) is 8.08. The van der Waals surface area contributed by atoms with Crippen molar-refractivity contribution >= 4 is 0 Å². The first-order valence-corrected chi connectivity index (χ1v) is 2.79. The number of terminal acetylenes is 1. The second-order valence-electron chi connectivity index (χ2n) is 1.89. The van der Waals surface area contributed by atoms with Crippen molar-refractivity contribution in [2.24, 2.45) is 0 Å². The van der Waals surface area contributed by atoms with E-state index < -0.39 is 5.54 Å². The Labute approximate surface area is 56.8 Å². The molecule has 1 atom stereocenters. The quantitative estimate of drug-likeness (QED) is 0.501. The summed E-state index contributed by atoms with van der Waals surface area (Å²) in [5.41, 5.74) is -0.450. The Morgan fingerprint density at radius 3 is 2.22 bits per heavy atom. The van der Waals surface area contributed by atoms with E-state index in [0.717, 1.165) is 0 Å². The third-order valence-electron chi connectivity index (χ3n) is 1.16. The van der Waals surface area contributed by atoms with Crippen LogP contribution in [0.3, 0.4) is 0 Å². The van der Waals surface area contributed by atoms with Gasteiger partial charge in [0, 0.05) is 0 Å². The fourth-order valence-electron chi connectivity index (χ4n) is 0.421. The maximum Gasteiger partial charge on any atom is 0.138 e. The van der Waals surface area contributed by atoms with Gasteiger partial charge in [0.1, 0.15) is 5.54 Å². The molecule has 0 aliphatic carbocycles. The normalized spacial score (nSPS) is 14.4. The van der Waals surface area contributed by atoms with E-state index in [4.69, 9.17) is 6.42 Å². The number of rotatable bonds is 1. The Hall–Kier alpha value is -0.920. The third kappa shape index (κ3) is 2.22. The lowest BCUT2D eigenvalue weighted by atomic mass is 10.1. The summed E-state index contributed by atoms with van der Waals surface area (Å²) in [6.45, 7) is 3.64. The van der Waals surface area contributed by atoms with Crippen LogP contribution in [0.5, 0.6) is 0 Å². The van der Waals surface area contributed by atoms with E-state index in [9.17, 15) is 0 Å². The molecule has 0 aliphatic rings. The van der Waals surface area contributed by atoms with Gasteiger partial charge >= 0.3 is 0 Å². The van der Waals surface area contributed by atoms with E-state index in [0.29, 0.717) is 0 Å². The summed E-state index contributed by atoms with van der Waals surface area (Å²) in [5.74, 6) is 8.16. The van der Waals surface area contributed by atoms with Crippen LogP contribution in [0, 0.1) is 24.2 Å². The van der Waals surface area contributed by atoms with Crippen molar-refractivity contribution in [1.29, 1.82) is 0 Å². The summed E-state index contributed by atoms with van der Waals surface area (Å²) in [6, 6.07) is 0. The molecule has 0 amide bonds. The summed E-state index contributed by atoms with van der Waals surface area (Å²) in [7, 11) is 1.80. The first-order valence-electron chi connectivity index (χ1n) is 2.79. The second-order valence-corrected chi connectivity index (χ2v) is 1.89. The van der Waals surface area contributed by atoms with Crippen LogP contribution in [0.2, 0.25) is 0 Å². The Morgan fingerprint density at radius 1 is 1.56 bits per heavy atom. The van der Waals surface area contributed by atoms with E-state index in [1.807, 2.05) is 6.92 Å². The molecule has 0 heterocycles. The summed E-state index contributed by atoms with van der Waals surface area (Å²) >= 11 is 0. The van der Waals surface area contributed by atoms with Gasteiger partial charge in [-0.05, 0) is 20.9 Å². The Morgan fingerprint density at radius 2 is 2.11 bits per heavy atom. The third-order valence-corrected chi connectivity index (χ3v) is 1.16. The largest absolute Gasteiger partial charge is 0.294 e. The Balaban J connectivity index is 4.27. The minimum Gasteiger partial charge on any atom is -0.294 e. The lowest BCUT2D eigenvalue weighted by Crippen LogP contribution is -2.36. The molecule has 0 spiro atoms. The van der Waals surface area contributed by atoms with Gasteiger partial charge in [0.05, 0.1) is 0 Å². The van der Waals surface area contributed by atoms with Gasteiger partial charge in [-0.3, -0.25) is 5.32 Å². The van der Waals surface area contributed by atoms with Crippen molar-refractivity contribution < 1.29 is 0 Å². The molecule has 0 saturated carbocycles. The molecule has 1 heteroatoms. The summed E-state index contributed by atoms with van der Waals surface area (Å²) < 4.78 is 0. The highest BCUT2D eigenvalue weighted by Gasteiger charge is 2.12. The van der Waals surface area contributed by atoms with E-state index in [-0.39, 0.29) is 0 Å². The van der Waals surface area contributed by atoms with Crippen LogP contribution < -0.4 is 5.32 Å². The summed E-state index contributed by atoms with van der Waals surface area (Å²) in [5, 5.41) is 2.92. The fourth-order valence-corrected chi connectivity index (χ4v) is 0.421. The Kier molecular flexibility index (Phi) is 2.85. The molecule has 0 aliphatic heterocycles. The van der Waals surface area contributed by atoms with Gasteiger partial charge in [-0.1, -0.05) is 11.8 Å². The molecule has 0 aromatic rings. The van der Waals surface area contributed by atoms with Crippen LogP contribution in [0.15, 0.2) is 0 Å². The molecule has 0 aromatic carbocycles. The van der Waals surface area contributed by atoms with Crippen LogP contribution in [0.1, 0.15) is 13.8 Å². The van der Waals surface area contributed by atoms with Crippen molar-refractivity contribution in [3.63, 3.8) is 0 Å². The molecule has 0 aromatic heterocycles. The highest BCUT2D eigenvalue weighted by atomic mass is 14.9. The van der Waals surface area contributed by atoms with Gasteiger partial charge in [0.25, 0.3) is 0 Å². The molecule has 1 nitrogen and oxygen atoms in total. The molecular formula is C8H11N. The molecule has 0 radical (unpaired) electrons. The van der Waals surface area contributed by atoms with E-state index in [1.165, 1.54) is 0 Å². The molecule has 0 bridgehead atoms. The van der Waals surface area contributed by atoms with Gasteiger partial charge in [-0.2, -0.15) is 0 Å². The van der Waals surface area contributed by atoms with Crippen molar-refractivity contribution in [1.82, 2.24) is 5.32 Å². The molecule has 0 saturated heterocycles. The van der Waals surface area contributed by atoms with Gasteiger partial charge < -0.3 is 0 Å². The van der Waals surface area contributed by atoms with Crippen LogP contribution in [-0.4, -0.2) is 12.6 Å². The van der Waals surface area contributed by atoms with Crippen molar-refractivity contribution in [2.45, 2.75) is 19.4 Å². The molecular weight excluding hydrogens is 110 g/mol. The van der Waals surface area contributed by atoms with Crippen molar-refractivity contribution in [3.8, 4) is 24.2 Å². The molecule has 0 fully saturated rings. The van der Waals surface area contributed by atoms with E-state index >= 15 is 0 Å². The minimum atomic E-state index is -0.450. The van der Waals surface area contributed by atoms with Crippen LogP contribution in [0.4, 0.5) is 0 Å². The maximum absolute atomic E-state index is 5.19. The van der Waals surface area contributed by atoms with Crippen molar-refractivity contribution in [2.75, 3.05) is 7.05 Å². The average Bonchev–Trinajstić information content (AvgIpc) is 1.89.